The number of aromatic nitrogens is 3. The molecule has 4 N–H and O–H groups in total. The van der Waals surface area contributed by atoms with Crippen molar-refractivity contribution in [3.8, 4) is 17.1 Å². The Morgan fingerprint density at radius 2 is 1.87 bits per heavy atom. The van der Waals surface area contributed by atoms with E-state index in [-0.39, 0.29) is 24.9 Å². The first-order chi connectivity index (χ1) is 22.4. The fourth-order valence-corrected chi connectivity index (χ4v) is 6.33. The number of ether oxygens (including phenoxy) is 2. The highest BCUT2D eigenvalue weighted by Crippen LogP contribution is 2.30. The molecule has 2 atom stereocenters. The minimum absolute atomic E-state index is 0.0667. The van der Waals surface area contributed by atoms with Crippen molar-refractivity contribution < 1.29 is 28.2 Å². The lowest BCUT2D eigenvalue weighted by Gasteiger charge is -2.41. The smallest absolute Gasteiger partial charge is 0.248 e. The fraction of sp³-hybridized carbons (Fsp3) is 0.500. The Kier molecular flexibility index (Phi) is 10.0. The van der Waals surface area contributed by atoms with Gasteiger partial charge in [-0.1, -0.05) is 0 Å². The average molecular weight is 639 g/mol. The van der Waals surface area contributed by atoms with Crippen LogP contribution in [0.25, 0.3) is 11.4 Å². The highest BCUT2D eigenvalue weighted by atomic mass is 19.1. The number of nitrogens with one attached hydrogen (secondary N) is 1. The number of carbonyl (C=O) groups is 1. The quantitative estimate of drug-likeness (QED) is 0.298. The summed E-state index contributed by atoms with van der Waals surface area (Å²) < 4.78 is 41.2. The summed E-state index contributed by atoms with van der Waals surface area (Å²) >= 11 is 0. The third kappa shape index (κ3) is 7.45. The predicted molar refractivity (Wildman–Crippen MR) is 169 cm³/mol. The van der Waals surface area contributed by atoms with Crippen LogP contribution in [0.2, 0.25) is 0 Å². The molecule has 46 heavy (non-hydrogen) atoms. The molecule has 0 radical (unpaired) electrons. The number of nitrogen functional groups attached to an aromatic ring is 1. The number of halogens is 2. The van der Waals surface area contributed by atoms with E-state index in [1.54, 1.807) is 24.3 Å². The molecule has 1 amide bonds. The lowest BCUT2D eigenvalue weighted by atomic mass is 9.96. The number of anilines is 4. The van der Waals surface area contributed by atoms with E-state index in [0.717, 1.165) is 52.2 Å². The first-order valence-corrected chi connectivity index (χ1v) is 15.8. The number of nitrogens with two attached hydrogens (primary N) is 1. The number of nitrogens with zero attached hydrogens (tertiary/aromatic N) is 6. The van der Waals surface area contributed by atoms with Gasteiger partial charge in [-0.25, -0.2) is 18.7 Å². The average Bonchev–Trinajstić information content (AvgIpc) is 3.08. The van der Waals surface area contributed by atoms with Gasteiger partial charge in [-0.2, -0.15) is 4.98 Å². The molecule has 246 valence electrons. The first-order valence-electron chi connectivity index (χ1n) is 15.8. The Hall–Kier alpha value is -4.14. The molecular weight excluding hydrogens is 598 g/mol. The van der Waals surface area contributed by atoms with Gasteiger partial charge in [0.2, 0.25) is 11.9 Å². The lowest BCUT2D eigenvalue weighted by Crippen LogP contribution is -2.51. The van der Waals surface area contributed by atoms with Gasteiger partial charge in [0.05, 0.1) is 24.5 Å². The molecule has 2 unspecified atom stereocenters. The van der Waals surface area contributed by atoms with Gasteiger partial charge in [0.25, 0.3) is 0 Å². The van der Waals surface area contributed by atoms with Gasteiger partial charge in [0.15, 0.2) is 5.82 Å². The number of hydrogen-bond donors (Lipinski definition) is 3. The molecule has 12 nitrogen and oxygen atoms in total. The molecule has 3 aromatic rings. The molecular formula is C32H40F2N8O4. The molecule has 2 aromatic carbocycles. The highest BCUT2D eigenvalue weighted by molar-refractivity contribution is 5.77. The number of carbonyl (C=O) groups excluding carboxylic acids is 1. The van der Waals surface area contributed by atoms with Gasteiger partial charge in [-0.15, -0.1) is 0 Å². The van der Waals surface area contributed by atoms with Crippen LogP contribution in [0.4, 0.5) is 31.8 Å². The van der Waals surface area contributed by atoms with Crippen LogP contribution < -0.4 is 20.7 Å². The van der Waals surface area contributed by atoms with Crippen LogP contribution in [0.15, 0.2) is 42.7 Å². The van der Waals surface area contributed by atoms with Gasteiger partial charge in [-0.05, 0) is 55.7 Å². The molecule has 0 aliphatic carbocycles. The summed E-state index contributed by atoms with van der Waals surface area (Å²) in [5.41, 5.74) is 8.30. The molecule has 6 rings (SSSR count). The van der Waals surface area contributed by atoms with Crippen LogP contribution in [-0.4, -0.2) is 114 Å². The Morgan fingerprint density at radius 1 is 1.07 bits per heavy atom. The van der Waals surface area contributed by atoms with Crippen molar-refractivity contribution >= 4 is 28.9 Å². The normalized spacial score (nSPS) is 21.3. The number of rotatable bonds is 9. The molecule has 4 heterocycles. The van der Waals surface area contributed by atoms with Gasteiger partial charge < -0.3 is 35.4 Å². The summed E-state index contributed by atoms with van der Waals surface area (Å²) in [4.78, 5) is 30.5. The third-order valence-electron chi connectivity index (χ3n) is 9.02. The van der Waals surface area contributed by atoms with Crippen LogP contribution in [0, 0.1) is 11.7 Å². The third-order valence-corrected chi connectivity index (χ3v) is 9.02. The summed E-state index contributed by atoms with van der Waals surface area (Å²) in [6, 6.07) is 10.7. The van der Waals surface area contributed by atoms with E-state index in [1.807, 2.05) is 6.07 Å². The SMILES string of the molecule is Nc1cc(-c2ncnc(Nc3ccc(N4CCN(C5CCOCC5)CC4)c(F)c3)n2)ccc1OCC1CCN(C(=O)CO)CC1F. The summed E-state index contributed by atoms with van der Waals surface area (Å²) in [5, 5.41) is 12.1. The Bertz CT molecular complexity index is 1500. The molecule has 3 saturated heterocycles. The van der Waals surface area contributed by atoms with Crippen LogP contribution >= 0.6 is 0 Å². The van der Waals surface area contributed by atoms with Crippen molar-refractivity contribution in [1.82, 2.24) is 24.8 Å². The Balaban J connectivity index is 1.04. The molecule has 3 aliphatic heterocycles. The zero-order valence-corrected chi connectivity index (χ0v) is 25.7. The molecule has 3 aliphatic rings. The largest absolute Gasteiger partial charge is 0.491 e. The van der Waals surface area contributed by atoms with Gasteiger partial charge in [0, 0.05) is 69.1 Å². The maximum atomic E-state index is 15.2. The number of aliphatic hydroxyl groups is 1. The van der Waals surface area contributed by atoms with Crippen molar-refractivity contribution in [2.45, 2.75) is 31.5 Å². The number of likely N-dealkylation sites (tertiary alicyclic amines) is 1. The topological polar surface area (TPSA) is 142 Å². The molecule has 3 fully saturated rings. The number of hydrogen-bond acceptors (Lipinski definition) is 11. The molecule has 0 saturated carbocycles. The standard InChI is InChI=1S/C32H40F2N8O4/c33-25-16-23(2-3-28(25)41-11-9-40(10-12-41)24-6-13-45-14-7-24)38-32-37-20-36-31(39-32)21-1-4-29(27(35)15-21)46-19-22-5-8-42(17-26(22)34)30(44)18-43/h1-4,15-16,20,22,24,26,43H,5-14,17-19,35H2,(H,36,37,38,39). The summed E-state index contributed by atoms with van der Waals surface area (Å²) in [6.45, 7) is 4.76. The van der Waals surface area contributed by atoms with Crippen molar-refractivity contribution in [3.05, 3.63) is 48.5 Å². The maximum absolute atomic E-state index is 15.2. The minimum Gasteiger partial charge on any atom is -0.491 e. The molecule has 0 spiro atoms. The van der Waals surface area contributed by atoms with E-state index in [0.29, 0.717) is 53.2 Å². The van der Waals surface area contributed by atoms with E-state index < -0.39 is 24.6 Å². The number of alkyl halides is 1. The summed E-state index contributed by atoms with van der Waals surface area (Å²) in [5.74, 6) is -0.177. The van der Waals surface area contributed by atoms with E-state index in [9.17, 15) is 9.18 Å². The van der Waals surface area contributed by atoms with E-state index >= 15 is 4.39 Å². The number of piperidine rings is 1. The van der Waals surface area contributed by atoms with Crippen molar-refractivity contribution in [1.29, 1.82) is 0 Å². The second-order valence-electron chi connectivity index (χ2n) is 11.9. The zero-order valence-electron chi connectivity index (χ0n) is 25.7. The number of amides is 1. The monoisotopic (exact) mass is 638 g/mol. The Morgan fingerprint density at radius 3 is 2.59 bits per heavy atom. The van der Waals surface area contributed by atoms with Gasteiger partial charge in [0.1, 0.15) is 30.7 Å². The number of benzene rings is 2. The first kappa shape index (κ1) is 31.8. The lowest BCUT2D eigenvalue weighted by molar-refractivity contribution is -0.137. The van der Waals surface area contributed by atoms with Crippen LogP contribution in [-0.2, 0) is 9.53 Å². The maximum Gasteiger partial charge on any atom is 0.248 e. The van der Waals surface area contributed by atoms with Crippen LogP contribution in [0.5, 0.6) is 5.75 Å². The van der Waals surface area contributed by atoms with Gasteiger partial charge >= 0.3 is 0 Å². The second kappa shape index (κ2) is 14.5. The number of aliphatic hydroxyl groups excluding tert-OH is 1. The van der Waals surface area contributed by atoms with Crippen molar-refractivity contribution in [2.24, 2.45) is 5.92 Å². The van der Waals surface area contributed by atoms with E-state index in [2.05, 4.69) is 30.1 Å². The summed E-state index contributed by atoms with van der Waals surface area (Å²) in [7, 11) is 0. The zero-order chi connectivity index (χ0) is 32.0. The molecule has 1 aromatic heterocycles. The fourth-order valence-electron chi connectivity index (χ4n) is 6.33. The van der Waals surface area contributed by atoms with Crippen molar-refractivity contribution in [2.75, 3.05) is 81.6 Å². The predicted octanol–water partition coefficient (Wildman–Crippen LogP) is 2.86. The summed E-state index contributed by atoms with van der Waals surface area (Å²) in [6.07, 6.45) is 2.64. The van der Waals surface area contributed by atoms with Crippen molar-refractivity contribution in [3.63, 3.8) is 0 Å². The van der Waals surface area contributed by atoms with Crippen LogP contribution in [0.1, 0.15) is 19.3 Å². The minimum atomic E-state index is -1.26. The second-order valence-corrected chi connectivity index (χ2v) is 11.9. The number of piperazine rings is 1. The van der Waals surface area contributed by atoms with Gasteiger partial charge in [-0.3, -0.25) is 9.69 Å². The molecule has 0 bridgehead atoms. The Labute approximate surface area is 266 Å². The highest BCUT2D eigenvalue weighted by Gasteiger charge is 2.32. The molecule has 14 heteroatoms. The van der Waals surface area contributed by atoms with E-state index in [4.69, 9.17) is 20.3 Å². The van der Waals surface area contributed by atoms with E-state index in [1.165, 1.54) is 17.3 Å². The van der Waals surface area contributed by atoms with Crippen LogP contribution in [0.3, 0.4) is 0 Å².